The summed E-state index contributed by atoms with van der Waals surface area (Å²) in [6.45, 7) is 1.83. The number of benzene rings is 1. The summed E-state index contributed by atoms with van der Waals surface area (Å²) < 4.78 is 11.9. The van der Waals surface area contributed by atoms with Crippen molar-refractivity contribution in [3.8, 4) is 11.4 Å². The summed E-state index contributed by atoms with van der Waals surface area (Å²) in [7, 11) is 0. The van der Waals surface area contributed by atoms with Crippen LogP contribution in [-0.2, 0) is 22.6 Å². The highest BCUT2D eigenvalue weighted by molar-refractivity contribution is 6.30. The Bertz CT molecular complexity index is 1260. The van der Waals surface area contributed by atoms with E-state index in [2.05, 4.69) is 15.1 Å². The van der Waals surface area contributed by atoms with Gasteiger partial charge in [0.2, 0.25) is 11.7 Å². The number of aromatic nitrogens is 4. The van der Waals surface area contributed by atoms with Crippen LogP contribution in [0.15, 0.2) is 58.0 Å². The molecule has 0 spiro atoms. The second-order valence-corrected chi connectivity index (χ2v) is 7.13. The highest BCUT2D eigenvalue weighted by Crippen LogP contribution is 2.19. The predicted octanol–water partition coefficient (Wildman–Crippen LogP) is 3.38. The van der Waals surface area contributed by atoms with Gasteiger partial charge in [-0.15, -0.1) is 0 Å². The lowest BCUT2D eigenvalue weighted by molar-refractivity contribution is -0.145. The average molecular weight is 425 g/mol. The number of fused-ring (bicyclic) bond motifs is 1. The summed E-state index contributed by atoms with van der Waals surface area (Å²) in [6, 6.07) is 12.0. The lowest BCUT2D eigenvalue weighted by Gasteiger charge is -2.06. The van der Waals surface area contributed by atoms with Crippen molar-refractivity contribution < 1.29 is 14.1 Å². The Morgan fingerprint density at radius 3 is 2.77 bits per heavy atom. The second kappa shape index (κ2) is 8.46. The van der Waals surface area contributed by atoms with E-state index in [0.29, 0.717) is 28.1 Å². The van der Waals surface area contributed by atoms with Gasteiger partial charge in [-0.2, -0.15) is 4.98 Å². The molecule has 0 aliphatic rings. The van der Waals surface area contributed by atoms with Crippen molar-refractivity contribution in [2.45, 2.75) is 26.4 Å². The van der Waals surface area contributed by atoms with Crippen molar-refractivity contribution in [2.24, 2.45) is 0 Å². The minimum atomic E-state index is -0.451. The van der Waals surface area contributed by atoms with Crippen LogP contribution in [0.2, 0.25) is 5.02 Å². The van der Waals surface area contributed by atoms with Gasteiger partial charge in [0.1, 0.15) is 12.3 Å². The van der Waals surface area contributed by atoms with E-state index in [4.69, 9.17) is 20.9 Å². The summed E-state index contributed by atoms with van der Waals surface area (Å²) >= 11 is 5.87. The molecule has 0 aliphatic carbocycles. The largest absolute Gasteiger partial charge is 0.459 e. The van der Waals surface area contributed by atoms with Gasteiger partial charge in [-0.25, -0.2) is 4.98 Å². The number of aryl methyl sites for hydroxylation is 2. The molecule has 30 heavy (non-hydrogen) atoms. The number of carbonyl (C=O) groups is 1. The molecule has 152 valence electrons. The molecule has 0 saturated heterocycles. The SMILES string of the molecule is Cc1ccn2c(=O)cc(COC(=O)CCc3nc(-c4ccc(Cl)cc4)no3)nc2c1. The molecule has 4 aromatic rings. The Morgan fingerprint density at radius 2 is 1.97 bits per heavy atom. The Morgan fingerprint density at radius 1 is 1.17 bits per heavy atom. The molecule has 0 saturated carbocycles. The molecule has 3 heterocycles. The van der Waals surface area contributed by atoms with E-state index in [1.807, 2.05) is 13.0 Å². The van der Waals surface area contributed by atoms with Crippen LogP contribution in [0.1, 0.15) is 23.6 Å². The van der Waals surface area contributed by atoms with Gasteiger partial charge >= 0.3 is 5.97 Å². The molecule has 3 aromatic heterocycles. The fourth-order valence-corrected chi connectivity index (χ4v) is 2.96. The van der Waals surface area contributed by atoms with Crippen molar-refractivity contribution in [3.05, 3.63) is 81.2 Å². The van der Waals surface area contributed by atoms with Crippen molar-refractivity contribution in [1.29, 1.82) is 0 Å². The molecule has 0 N–H and O–H groups in total. The minimum absolute atomic E-state index is 0.0634. The van der Waals surface area contributed by atoms with Gasteiger partial charge in [0.05, 0.1) is 12.1 Å². The van der Waals surface area contributed by atoms with Crippen LogP contribution in [0.25, 0.3) is 17.0 Å². The molecule has 0 bridgehead atoms. The highest BCUT2D eigenvalue weighted by atomic mass is 35.5. The number of ether oxygens (including phenoxy) is 1. The van der Waals surface area contributed by atoms with Crippen LogP contribution in [0.4, 0.5) is 0 Å². The zero-order valence-electron chi connectivity index (χ0n) is 16.0. The number of nitrogens with zero attached hydrogens (tertiary/aromatic N) is 4. The van der Waals surface area contributed by atoms with Crippen LogP contribution < -0.4 is 5.56 Å². The Hall–Kier alpha value is -3.52. The Balaban J connectivity index is 1.34. The van der Waals surface area contributed by atoms with Crippen LogP contribution in [-0.4, -0.2) is 25.5 Å². The zero-order chi connectivity index (χ0) is 21.1. The van der Waals surface area contributed by atoms with E-state index < -0.39 is 5.97 Å². The van der Waals surface area contributed by atoms with E-state index in [1.54, 1.807) is 36.5 Å². The highest BCUT2D eigenvalue weighted by Gasteiger charge is 2.12. The molecule has 0 atom stereocenters. The predicted molar refractivity (Wildman–Crippen MR) is 109 cm³/mol. The fraction of sp³-hybridized carbons (Fsp3) is 0.190. The zero-order valence-corrected chi connectivity index (χ0v) is 16.8. The first-order valence-electron chi connectivity index (χ1n) is 9.21. The molecule has 1 aromatic carbocycles. The fourth-order valence-electron chi connectivity index (χ4n) is 2.84. The van der Waals surface area contributed by atoms with Gasteiger partial charge in [-0.05, 0) is 48.9 Å². The first kappa shape index (κ1) is 19.8. The van der Waals surface area contributed by atoms with Crippen LogP contribution >= 0.6 is 11.6 Å². The number of halogens is 1. The smallest absolute Gasteiger partial charge is 0.306 e. The lowest BCUT2D eigenvalue weighted by Crippen LogP contribution is -2.16. The minimum Gasteiger partial charge on any atom is -0.459 e. The summed E-state index contributed by atoms with van der Waals surface area (Å²) in [5.41, 5.74) is 2.41. The lowest BCUT2D eigenvalue weighted by atomic mass is 10.2. The summed E-state index contributed by atoms with van der Waals surface area (Å²) in [5.74, 6) is 0.299. The van der Waals surface area contributed by atoms with E-state index in [9.17, 15) is 9.59 Å². The molecule has 4 rings (SSSR count). The molecule has 0 amide bonds. The van der Waals surface area contributed by atoms with Crippen molar-refractivity contribution in [1.82, 2.24) is 19.5 Å². The van der Waals surface area contributed by atoms with Gasteiger partial charge in [0, 0.05) is 29.3 Å². The van der Waals surface area contributed by atoms with Crippen molar-refractivity contribution in [3.63, 3.8) is 0 Å². The van der Waals surface area contributed by atoms with Gasteiger partial charge < -0.3 is 9.26 Å². The topological polar surface area (TPSA) is 99.6 Å². The van der Waals surface area contributed by atoms with E-state index in [-0.39, 0.29) is 25.0 Å². The molecule has 0 aliphatic heterocycles. The molecule has 9 heteroatoms. The normalized spacial score (nSPS) is 11.0. The van der Waals surface area contributed by atoms with E-state index >= 15 is 0 Å². The van der Waals surface area contributed by atoms with Crippen molar-refractivity contribution in [2.75, 3.05) is 0 Å². The van der Waals surface area contributed by atoms with Gasteiger partial charge in [-0.3, -0.25) is 14.0 Å². The number of esters is 1. The second-order valence-electron chi connectivity index (χ2n) is 6.70. The van der Waals surface area contributed by atoms with Gasteiger partial charge in [-0.1, -0.05) is 16.8 Å². The monoisotopic (exact) mass is 424 g/mol. The third-order valence-corrected chi connectivity index (χ3v) is 4.62. The van der Waals surface area contributed by atoms with Crippen LogP contribution in [0, 0.1) is 6.92 Å². The summed E-state index contributed by atoms with van der Waals surface area (Å²) in [6.07, 6.45) is 1.97. The number of rotatable bonds is 6. The third kappa shape index (κ3) is 4.55. The van der Waals surface area contributed by atoms with Gasteiger partial charge in [0.25, 0.3) is 5.56 Å². The average Bonchev–Trinajstić information content (AvgIpc) is 3.20. The van der Waals surface area contributed by atoms with Crippen LogP contribution in [0.5, 0.6) is 0 Å². The number of hydrogen-bond acceptors (Lipinski definition) is 7. The summed E-state index contributed by atoms with van der Waals surface area (Å²) in [5, 5.41) is 4.52. The number of carbonyl (C=O) groups excluding carboxylic acids is 1. The standard InChI is InChI=1S/C21H17ClN4O4/c1-13-8-9-26-17(10-13)23-16(11-19(26)27)12-29-20(28)7-6-18-24-21(25-30-18)14-2-4-15(22)5-3-14/h2-5,8-11H,6-7,12H2,1H3. The molecule has 8 nitrogen and oxygen atoms in total. The van der Waals surface area contributed by atoms with Crippen molar-refractivity contribution >= 4 is 23.2 Å². The maximum atomic E-state index is 12.2. The molecule has 0 radical (unpaired) electrons. The molecular formula is C21H17ClN4O4. The maximum Gasteiger partial charge on any atom is 0.306 e. The Kier molecular flexibility index (Phi) is 5.58. The first-order chi connectivity index (χ1) is 14.5. The van der Waals surface area contributed by atoms with Gasteiger partial charge in [0.15, 0.2) is 0 Å². The molecule has 0 fully saturated rings. The van der Waals surface area contributed by atoms with E-state index in [0.717, 1.165) is 11.1 Å². The summed E-state index contributed by atoms with van der Waals surface area (Å²) in [4.78, 5) is 32.9. The maximum absolute atomic E-state index is 12.2. The number of hydrogen-bond donors (Lipinski definition) is 0. The quantitative estimate of drug-likeness (QED) is 0.437. The number of pyridine rings is 1. The Labute approximate surface area is 176 Å². The van der Waals surface area contributed by atoms with E-state index in [1.165, 1.54) is 10.5 Å². The molecule has 0 unspecified atom stereocenters. The van der Waals surface area contributed by atoms with Crippen LogP contribution in [0.3, 0.4) is 0 Å². The first-order valence-corrected chi connectivity index (χ1v) is 9.59. The molecular weight excluding hydrogens is 408 g/mol. The third-order valence-electron chi connectivity index (χ3n) is 4.37.